The van der Waals surface area contributed by atoms with Gasteiger partial charge in [-0.3, -0.25) is 9.63 Å². The molecular weight excluding hydrogens is 154 g/mol. The molecule has 3 nitrogen and oxygen atoms in total. The highest BCUT2D eigenvalue weighted by Crippen LogP contribution is 2.16. The van der Waals surface area contributed by atoms with Gasteiger partial charge in [-0.05, 0) is 27.2 Å². The van der Waals surface area contributed by atoms with Crippen molar-refractivity contribution in [3.05, 3.63) is 0 Å². The minimum atomic E-state index is -0.0694. The molecule has 0 aromatic carbocycles. The average molecular weight is 171 g/mol. The number of carbonyl (C=O) groups is 1. The highest BCUT2D eigenvalue weighted by Gasteiger charge is 2.26. The Kier molecular flexibility index (Phi) is 2.85. The van der Waals surface area contributed by atoms with Gasteiger partial charge >= 0.3 is 0 Å². The summed E-state index contributed by atoms with van der Waals surface area (Å²) in [5.41, 5.74) is -0.0694. The van der Waals surface area contributed by atoms with E-state index in [4.69, 9.17) is 4.84 Å². The Hall–Kier alpha value is -0.410. The Bertz CT molecular complexity index is 172. The van der Waals surface area contributed by atoms with Crippen LogP contribution in [0.2, 0.25) is 0 Å². The predicted octanol–water partition coefficient (Wildman–Crippen LogP) is 1.38. The maximum absolute atomic E-state index is 11.2. The first-order valence-corrected chi connectivity index (χ1v) is 4.42. The molecule has 0 aliphatic carbocycles. The third-order valence-electron chi connectivity index (χ3n) is 1.92. The minimum Gasteiger partial charge on any atom is -0.298 e. The summed E-state index contributed by atoms with van der Waals surface area (Å²) in [5.74, 6) is 0.280. The summed E-state index contributed by atoms with van der Waals surface area (Å²) in [6, 6.07) is 0. The Balaban J connectivity index is 2.58. The molecule has 0 bridgehead atoms. The number of hydrogen-bond acceptors (Lipinski definition) is 3. The number of hydroxylamine groups is 2. The third kappa shape index (κ3) is 2.57. The van der Waals surface area contributed by atoms with Crippen molar-refractivity contribution < 1.29 is 9.63 Å². The van der Waals surface area contributed by atoms with Gasteiger partial charge in [0.05, 0.1) is 13.2 Å². The fourth-order valence-corrected chi connectivity index (χ4v) is 1.16. The van der Waals surface area contributed by atoms with Crippen molar-refractivity contribution in [2.24, 2.45) is 0 Å². The van der Waals surface area contributed by atoms with E-state index in [1.807, 2.05) is 20.8 Å². The summed E-state index contributed by atoms with van der Waals surface area (Å²) < 4.78 is 0. The van der Waals surface area contributed by atoms with E-state index in [2.05, 4.69) is 0 Å². The molecule has 1 aliphatic heterocycles. The molecule has 1 fully saturated rings. The summed E-state index contributed by atoms with van der Waals surface area (Å²) in [6.45, 7) is 7.25. The van der Waals surface area contributed by atoms with E-state index in [0.29, 0.717) is 19.6 Å². The van der Waals surface area contributed by atoms with E-state index in [-0.39, 0.29) is 11.3 Å². The van der Waals surface area contributed by atoms with Crippen molar-refractivity contribution in [3.8, 4) is 0 Å². The van der Waals surface area contributed by atoms with Gasteiger partial charge in [0.25, 0.3) is 0 Å². The fourth-order valence-electron chi connectivity index (χ4n) is 1.16. The zero-order chi connectivity index (χ0) is 9.19. The molecule has 0 atom stereocenters. The molecular formula is C9H17NO2. The van der Waals surface area contributed by atoms with Gasteiger partial charge in [0.15, 0.2) is 0 Å². The van der Waals surface area contributed by atoms with Crippen LogP contribution in [0.4, 0.5) is 0 Å². The maximum Gasteiger partial charge on any atom is 0.149 e. The van der Waals surface area contributed by atoms with Crippen molar-refractivity contribution in [1.29, 1.82) is 0 Å². The first-order chi connectivity index (χ1) is 5.50. The lowest BCUT2D eigenvalue weighted by Crippen LogP contribution is -2.43. The molecule has 3 heteroatoms. The standard InChI is InChI=1S/C9H17NO2/c1-9(2,3)10-7-8(11)5-4-6-12-10/h4-7H2,1-3H3. The van der Waals surface area contributed by atoms with Crippen LogP contribution in [-0.2, 0) is 9.63 Å². The molecule has 1 saturated heterocycles. The van der Waals surface area contributed by atoms with Crippen molar-refractivity contribution in [2.45, 2.75) is 39.2 Å². The van der Waals surface area contributed by atoms with Gasteiger partial charge in [0, 0.05) is 12.0 Å². The summed E-state index contributed by atoms with van der Waals surface area (Å²) in [6.07, 6.45) is 1.51. The van der Waals surface area contributed by atoms with Crippen LogP contribution in [0.25, 0.3) is 0 Å². The Morgan fingerprint density at radius 2 is 2.08 bits per heavy atom. The summed E-state index contributed by atoms with van der Waals surface area (Å²) in [5, 5.41) is 1.78. The van der Waals surface area contributed by atoms with Crippen molar-refractivity contribution in [3.63, 3.8) is 0 Å². The molecule has 0 saturated carbocycles. The molecule has 0 aromatic rings. The van der Waals surface area contributed by atoms with E-state index >= 15 is 0 Å². The van der Waals surface area contributed by atoms with Gasteiger partial charge in [-0.2, -0.15) is 5.06 Å². The molecule has 1 rings (SSSR count). The van der Waals surface area contributed by atoms with Gasteiger partial charge in [-0.15, -0.1) is 0 Å². The molecule has 70 valence electrons. The monoisotopic (exact) mass is 171 g/mol. The Morgan fingerprint density at radius 1 is 1.42 bits per heavy atom. The molecule has 0 amide bonds. The molecule has 0 unspecified atom stereocenters. The second-order valence-corrected chi connectivity index (χ2v) is 4.18. The predicted molar refractivity (Wildman–Crippen MR) is 46.7 cm³/mol. The van der Waals surface area contributed by atoms with Gasteiger partial charge in [-0.1, -0.05) is 0 Å². The lowest BCUT2D eigenvalue weighted by molar-refractivity contribution is -0.202. The third-order valence-corrected chi connectivity index (χ3v) is 1.92. The van der Waals surface area contributed by atoms with Crippen LogP contribution >= 0.6 is 0 Å². The molecule has 0 aromatic heterocycles. The van der Waals surface area contributed by atoms with Crippen molar-refractivity contribution in [2.75, 3.05) is 13.2 Å². The summed E-state index contributed by atoms with van der Waals surface area (Å²) in [7, 11) is 0. The molecule has 0 N–H and O–H groups in total. The number of carbonyl (C=O) groups excluding carboxylic acids is 1. The van der Waals surface area contributed by atoms with Crippen LogP contribution in [0.15, 0.2) is 0 Å². The number of hydrogen-bond donors (Lipinski definition) is 0. The zero-order valence-electron chi connectivity index (χ0n) is 8.09. The second-order valence-electron chi connectivity index (χ2n) is 4.18. The summed E-state index contributed by atoms with van der Waals surface area (Å²) >= 11 is 0. The largest absolute Gasteiger partial charge is 0.298 e. The van der Waals surface area contributed by atoms with E-state index < -0.39 is 0 Å². The smallest absolute Gasteiger partial charge is 0.149 e. The fraction of sp³-hybridized carbons (Fsp3) is 0.889. The topological polar surface area (TPSA) is 29.5 Å². The van der Waals surface area contributed by atoms with Crippen molar-refractivity contribution in [1.82, 2.24) is 5.06 Å². The number of nitrogens with zero attached hydrogens (tertiary/aromatic N) is 1. The van der Waals surface area contributed by atoms with Gasteiger partial charge < -0.3 is 0 Å². The minimum absolute atomic E-state index is 0.0694. The number of rotatable bonds is 0. The van der Waals surface area contributed by atoms with Gasteiger partial charge in [0.1, 0.15) is 5.78 Å². The number of ketones is 1. The van der Waals surface area contributed by atoms with Crippen LogP contribution in [0, 0.1) is 0 Å². The van der Waals surface area contributed by atoms with E-state index in [9.17, 15) is 4.79 Å². The van der Waals surface area contributed by atoms with Crippen LogP contribution < -0.4 is 0 Å². The normalized spacial score (nSPS) is 22.4. The first-order valence-electron chi connectivity index (χ1n) is 4.42. The Labute approximate surface area is 73.6 Å². The lowest BCUT2D eigenvalue weighted by Gasteiger charge is -2.32. The summed E-state index contributed by atoms with van der Waals surface area (Å²) in [4.78, 5) is 16.7. The molecule has 1 heterocycles. The van der Waals surface area contributed by atoms with E-state index in [1.54, 1.807) is 5.06 Å². The number of Topliss-reactive ketones (excluding diaryl/α,β-unsaturated/α-hetero) is 1. The van der Waals surface area contributed by atoms with Crippen LogP contribution in [-0.4, -0.2) is 29.5 Å². The molecule has 12 heavy (non-hydrogen) atoms. The quantitative estimate of drug-likeness (QED) is 0.551. The average Bonchev–Trinajstić information content (AvgIpc) is 2.11. The van der Waals surface area contributed by atoms with Crippen LogP contribution in [0.1, 0.15) is 33.6 Å². The van der Waals surface area contributed by atoms with E-state index in [0.717, 1.165) is 6.42 Å². The van der Waals surface area contributed by atoms with Crippen LogP contribution in [0.5, 0.6) is 0 Å². The highest BCUT2D eigenvalue weighted by atomic mass is 16.7. The van der Waals surface area contributed by atoms with Crippen LogP contribution in [0.3, 0.4) is 0 Å². The second kappa shape index (κ2) is 3.54. The first kappa shape index (κ1) is 9.68. The van der Waals surface area contributed by atoms with Crippen molar-refractivity contribution >= 4 is 5.78 Å². The SMILES string of the molecule is CC(C)(C)N1CC(=O)CCCO1. The van der Waals surface area contributed by atoms with E-state index in [1.165, 1.54) is 0 Å². The van der Waals surface area contributed by atoms with Gasteiger partial charge in [0.2, 0.25) is 0 Å². The highest BCUT2D eigenvalue weighted by molar-refractivity contribution is 5.80. The maximum atomic E-state index is 11.2. The Morgan fingerprint density at radius 3 is 2.67 bits per heavy atom. The molecule has 1 aliphatic rings. The lowest BCUT2D eigenvalue weighted by atomic mass is 10.1. The van der Waals surface area contributed by atoms with Gasteiger partial charge in [-0.25, -0.2) is 0 Å². The molecule has 0 spiro atoms. The molecule has 0 radical (unpaired) electrons. The zero-order valence-corrected chi connectivity index (χ0v) is 8.09.